The number of benzene rings is 1. The van der Waals surface area contributed by atoms with Crippen molar-refractivity contribution >= 4 is 23.0 Å². The first kappa shape index (κ1) is 14.5. The van der Waals surface area contributed by atoms with Gasteiger partial charge >= 0.3 is 0 Å². The zero-order valence-electron chi connectivity index (χ0n) is 12.3. The van der Waals surface area contributed by atoms with Gasteiger partial charge in [-0.25, -0.2) is 0 Å². The summed E-state index contributed by atoms with van der Waals surface area (Å²) in [5.41, 5.74) is 4.54. The molecule has 0 bridgehead atoms. The smallest absolute Gasteiger partial charge is 0.173 e. The van der Waals surface area contributed by atoms with E-state index in [0.29, 0.717) is 11.7 Å². The zero-order chi connectivity index (χ0) is 14.7. The van der Waals surface area contributed by atoms with Gasteiger partial charge in [0, 0.05) is 26.0 Å². The van der Waals surface area contributed by atoms with Gasteiger partial charge in [0.1, 0.15) is 0 Å². The molecule has 1 aromatic carbocycles. The topological polar surface area (TPSA) is 33.1 Å². The predicted octanol–water partition coefficient (Wildman–Crippen LogP) is 2.87. The van der Waals surface area contributed by atoms with Crippen molar-refractivity contribution in [2.75, 3.05) is 12.4 Å². The van der Waals surface area contributed by atoms with Crippen LogP contribution in [0.2, 0.25) is 0 Å². The maximum absolute atomic E-state index is 5.45. The van der Waals surface area contributed by atoms with Crippen LogP contribution >= 0.6 is 12.2 Å². The van der Waals surface area contributed by atoms with Gasteiger partial charge in [-0.3, -0.25) is 4.68 Å². The predicted molar refractivity (Wildman–Crippen MR) is 86.8 cm³/mol. The highest BCUT2D eigenvalue weighted by atomic mass is 32.1. The summed E-state index contributed by atoms with van der Waals surface area (Å²) in [6.45, 7) is 4.89. The second-order valence-electron chi connectivity index (χ2n) is 5.01. The van der Waals surface area contributed by atoms with E-state index in [1.807, 2.05) is 43.4 Å². The minimum Gasteiger partial charge on any atom is -0.346 e. The molecule has 5 heteroatoms. The normalized spacial score (nSPS) is 10.4. The third kappa shape index (κ3) is 3.36. The molecule has 1 aromatic heterocycles. The number of thiocarbonyl (C=S) groups is 1. The van der Waals surface area contributed by atoms with Crippen LogP contribution in [0, 0.1) is 13.8 Å². The van der Waals surface area contributed by atoms with Crippen molar-refractivity contribution in [3.05, 3.63) is 47.3 Å². The van der Waals surface area contributed by atoms with E-state index in [1.165, 1.54) is 11.1 Å². The van der Waals surface area contributed by atoms with E-state index < -0.39 is 0 Å². The molecule has 106 valence electrons. The van der Waals surface area contributed by atoms with Crippen LogP contribution in [-0.2, 0) is 13.6 Å². The molecule has 1 heterocycles. The molecule has 2 aromatic rings. The number of aromatic nitrogens is 2. The number of hydrogen-bond acceptors (Lipinski definition) is 2. The fraction of sp³-hybridized carbons (Fsp3) is 0.333. The average molecular weight is 288 g/mol. The van der Waals surface area contributed by atoms with Crippen molar-refractivity contribution in [2.45, 2.75) is 20.4 Å². The lowest BCUT2D eigenvalue weighted by atomic mass is 10.1. The van der Waals surface area contributed by atoms with Crippen LogP contribution < -0.4 is 5.32 Å². The number of aryl methyl sites for hydroxylation is 2. The number of anilines is 1. The Morgan fingerprint density at radius 2 is 2.10 bits per heavy atom. The molecule has 1 N–H and O–H groups in total. The largest absolute Gasteiger partial charge is 0.346 e. The van der Waals surface area contributed by atoms with Crippen LogP contribution in [0.1, 0.15) is 16.8 Å². The molecule has 2 rings (SSSR count). The van der Waals surface area contributed by atoms with Crippen LogP contribution in [0.15, 0.2) is 30.5 Å². The van der Waals surface area contributed by atoms with Crippen molar-refractivity contribution in [1.82, 2.24) is 14.7 Å². The Morgan fingerprint density at radius 1 is 1.35 bits per heavy atom. The molecule has 0 spiro atoms. The second kappa shape index (κ2) is 6.05. The quantitative estimate of drug-likeness (QED) is 0.881. The fourth-order valence-electron chi connectivity index (χ4n) is 1.96. The van der Waals surface area contributed by atoms with E-state index in [9.17, 15) is 0 Å². The molecule has 0 fully saturated rings. The maximum atomic E-state index is 5.45. The van der Waals surface area contributed by atoms with Crippen LogP contribution in [0.3, 0.4) is 0 Å². The number of rotatable bonds is 3. The van der Waals surface area contributed by atoms with Crippen molar-refractivity contribution in [3.63, 3.8) is 0 Å². The van der Waals surface area contributed by atoms with E-state index in [0.717, 1.165) is 11.4 Å². The van der Waals surface area contributed by atoms with Gasteiger partial charge in [0.05, 0.1) is 12.2 Å². The highest BCUT2D eigenvalue weighted by molar-refractivity contribution is 7.80. The van der Waals surface area contributed by atoms with Crippen molar-refractivity contribution < 1.29 is 0 Å². The molecular formula is C15H20N4S. The molecular weight excluding hydrogens is 268 g/mol. The van der Waals surface area contributed by atoms with E-state index in [1.54, 1.807) is 4.68 Å². The van der Waals surface area contributed by atoms with Gasteiger partial charge in [-0.1, -0.05) is 12.1 Å². The Labute approximate surface area is 125 Å². The van der Waals surface area contributed by atoms with Crippen molar-refractivity contribution in [3.8, 4) is 0 Å². The molecule has 0 atom stereocenters. The van der Waals surface area contributed by atoms with Gasteiger partial charge in [0.15, 0.2) is 5.11 Å². The van der Waals surface area contributed by atoms with Gasteiger partial charge < -0.3 is 10.2 Å². The molecule has 0 saturated carbocycles. The first-order valence-corrected chi connectivity index (χ1v) is 6.95. The zero-order valence-corrected chi connectivity index (χ0v) is 13.2. The Balaban J connectivity index is 2.02. The molecule has 0 radical (unpaired) electrons. The van der Waals surface area contributed by atoms with Crippen LogP contribution in [0.25, 0.3) is 0 Å². The molecule has 0 amide bonds. The summed E-state index contributed by atoms with van der Waals surface area (Å²) in [5, 5.41) is 8.36. The minimum absolute atomic E-state index is 0.692. The summed E-state index contributed by atoms with van der Waals surface area (Å²) in [6.07, 6.45) is 1.93. The summed E-state index contributed by atoms with van der Waals surface area (Å²) >= 11 is 5.45. The lowest BCUT2D eigenvalue weighted by Crippen LogP contribution is -2.31. The van der Waals surface area contributed by atoms with Gasteiger partial charge in [0.25, 0.3) is 0 Å². The first-order chi connectivity index (χ1) is 9.47. The SMILES string of the molecule is Cc1cccc(NC(=S)N(C)Cc2ccn(C)n2)c1C. The number of nitrogens with one attached hydrogen (secondary N) is 1. The summed E-state index contributed by atoms with van der Waals surface area (Å²) in [7, 11) is 3.88. The first-order valence-electron chi connectivity index (χ1n) is 6.54. The summed E-state index contributed by atoms with van der Waals surface area (Å²) in [6, 6.07) is 8.17. The number of hydrogen-bond donors (Lipinski definition) is 1. The van der Waals surface area contributed by atoms with Crippen molar-refractivity contribution in [2.24, 2.45) is 7.05 Å². The van der Waals surface area contributed by atoms with Gasteiger partial charge in [-0.15, -0.1) is 0 Å². The van der Waals surface area contributed by atoms with Crippen LogP contribution in [0.5, 0.6) is 0 Å². The molecule has 0 aliphatic carbocycles. The van der Waals surface area contributed by atoms with E-state index in [2.05, 4.69) is 30.3 Å². The minimum atomic E-state index is 0.692. The van der Waals surface area contributed by atoms with Crippen LogP contribution in [-0.4, -0.2) is 26.8 Å². The van der Waals surface area contributed by atoms with Crippen molar-refractivity contribution in [1.29, 1.82) is 0 Å². The Bertz CT molecular complexity index is 618. The molecule has 4 nitrogen and oxygen atoms in total. The number of nitrogens with zero attached hydrogens (tertiary/aromatic N) is 3. The Hall–Kier alpha value is -1.88. The van der Waals surface area contributed by atoms with Gasteiger partial charge in [-0.2, -0.15) is 5.10 Å². The highest BCUT2D eigenvalue weighted by Gasteiger charge is 2.09. The summed E-state index contributed by atoms with van der Waals surface area (Å²) < 4.78 is 1.80. The van der Waals surface area contributed by atoms with E-state index in [4.69, 9.17) is 12.2 Å². The fourth-order valence-corrected chi connectivity index (χ4v) is 2.13. The highest BCUT2D eigenvalue weighted by Crippen LogP contribution is 2.18. The monoisotopic (exact) mass is 288 g/mol. The van der Waals surface area contributed by atoms with E-state index >= 15 is 0 Å². The third-order valence-corrected chi connectivity index (χ3v) is 3.77. The standard InChI is InChI=1S/C15H20N4S/c1-11-6-5-7-14(12(11)2)16-15(20)18(3)10-13-8-9-19(4)17-13/h5-9H,10H2,1-4H3,(H,16,20). The molecule has 0 aliphatic rings. The Morgan fingerprint density at radius 3 is 2.75 bits per heavy atom. The lowest BCUT2D eigenvalue weighted by molar-refractivity contribution is 0.495. The summed E-state index contributed by atoms with van der Waals surface area (Å²) in [4.78, 5) is 1.99. The Kier molecular flexibility index (Phi) is 4.39. The summed E-state index contributed by atoms with van der Waals surface area (Å²) in [5.74, 6) is 0. The van der Waals surface area contributed by atoms with E-state index in [-0.39, 0.29) is 0 Å². The second-order valence-corrected chi connectivity index (χ2v) is 5.40. The molecule has 0 saturated heterocycles. The lowest BCUT2D eigenvalue weighted by Gasteiger charge is -2.21. The molecule has 0 unspecified atom stereocenters. The average Bonchev–Trinajstić information content (AvgIpc) is 2.80. The third-order valence-electron chi connectivity index (χ3n) is 3.36. The molecule has 0 aliphatic heterocycles. The van der Waals surface area contributed by atoms with Gasteiger partial charge in [-0.05, 0) is 49.3 Å². The van der Waals surface area contributed by atoms with Gasteiger partial charge in [0.2, 0.25) is 0 Å². The molecule has 20 heavy (non-hydrogen) atoms. The maximum Gasteiger partial charge on any atom is 0.173 e. The van der Waals surface area contributed by atoms with Crippen LogP contribution in [0.4, 0.5) is 5.69 Å².